The highest BCUT2D eigenvalue weighted by atomic mass is 16.6. The van der Waals surface area contributed by atoms with Crippen molar-refractivity contribution in [2.45, 2.75) is 19.1 Å². The Kier molecular flexibility index (Phi) is 1.95. The fourth-order valence-electron chi connectivity index (χ4n) is 0.864. The molecule has 4 nitrogen and oxygen atoms in total. The lowest BCUT2D eigenvalue weighted by molar-refractivity contribution is -0.130. The molecule has 1 rings (SSSR count). The van der Waals surface area contributed by atoms with E-state index in [-0.39, 0.29) is 11.7 Å². The maximum atomic E-state index is 11.1. The predicted octanol–water partition coefficient (Wildman–Crippen LogP) is -0.569. The van der Waals surface area contributed by atoms with Crippen LogP contribution < -0.4 is 0 Å². The molecule has 4 heteroatoms. The minimum absolute atomic E-state index is 0.0785. The summed E-state index contributed by atoms with van der Waals surface area (Å²) in [5.74, 6) is -0.213. The lowest BCUT2D eigenvalue weighted by Gasteiger charge is -2.06. The molecule has 0 N–H and O–H groups in total. The van der Waals surface area contributed by atoms with Crippen molar-refractivity contribution in [1.29, 1.82) is 0 Å². The van der Waals surface area contributed by atoms with Crippen molar-refractivity contribution in [1.82, 2.24) is 4.90 Å². The molecule has 0 bridgehead atoms. The summed E-state index contributed by atoms with van der Waals surface area (Å²) in [5, 5.41) is 0. The Morgan fingerprint density at radius 3 is 2.09 bits per heavy atom. The molecule has 1 heterocycles. The van der Waals surface area contributed by atoms with Crippen LogP contribution in [0.1, 0.15) is 6.92 Å². The molecule has 62 valence electrons. The van der Waals surface area contributed by atoms with Crippen LogP contribution in [0.3, 0.4) is 0 Å². The van der Waals surface area contributed by atoms with Gasteiger partial charge >= 0.3 is 0 Å². The van der Waals surface area contributed by atoms with Gasteiger partial charge in [0.05, 0.1) is 0 Å². The van der Waals surface area contributed by atoms with E-state index in [1.54, 1.807) is 14.1 Å². The smallest absolute Gasteiger partial charge is 0.254 e. The zero-order valence-electron chi connectivity index (χ0n) is 6.83. The van der Waals surface area contributed by atoms with Crippen LogP contribution in [0.4, 0.5) is 0 Å². The molecule has 0 aliphatic carbocycles. The van der Waals surface area contributed by atoms with Gasteiger partial charge in [0.25, 0.3) is 5.91 Å². The number of hydrogen-bond donors (Lipinski definition) is 0. The van der Waals surface area contributed by atoms with Gasteiger partial charge in [0.1, 0.15) is 0 Å². The van der Waals surface area contributed by atoms with E-state index in [0.717, 1.165) is 0 Å². The molecule has 0 radical (unpaired) electrons. The topological polar surface area (TPSA) is 49.9 Å². The van der Waals surface area contributed by atoms with E-state index in [1.165, 1.54) is 11.8 Å². The molecule has 0 spiro atoms. The van der Waals surface area contributed by atoms with Crippen LogP contribution in [-0.4, -0.2) is 42.9 Å². The number of amides is 1. The maximum absolute atomic E-state index is 11.1. The summed E-state index contributed by atoms with van der Waals surface area (Å²) in [4.78, 5) is 23.1. The summed E-state index contributed by atoms with van der Waals surface area (Å²) >= 11 is 0. The van der Waals surface area contributed by atoms with Gasteiger partial charge in [-0.2, -0.15) is 0 Å². The molecule has 1 aliphatic heterocycles. The van der Waals surface area contributed by atoms with Gasteiger partial charge in [-0.1, -0.05) is 0 Å². The molecule has 0 aromatic heterocycles. The van der Waals surface area contributed by atoms with Crippen LogP contribution in [0.25, 0.3) is 0 Å². The van der Waals surface area contributed by atoms with Crippen molar-refractivity contribution in [2.75, 3.05) is 14.1 Å². The Morgan fingerprint density at radius 2 is 1.82 bits per heavy atom. The summed E-state index contributed by atoms with van der Waals surface area (Å²) in [6, 6.07) is 0. The van der Waals surface area contributed by atoms with Crippen LogP contribution in [-0.2, 0) is 14.3 Å². The van der Waals surface area contributed by atoms with Gasteiger partial charge in [0.2, 0.25) is 0 Å². The molecule has 0 saturated carbocycles. The molecule has 0 aromatic carbocycles. The van der Waals surface area contributed by atoms with Crippen molar-refractivity contribution >= 4 is 11.7 Å². The number of nitrogens with zero attached hydrogens (tertiary/aromatic N) is 1. The second-order valence-electron chi connectivity index (χ2n) is 2.82. The van der Waals surface area contributed by atoms with E-state index in [0.29, 0.717) is 0 Å². The first-order chi connectivity index (χ1) is 5.04. The third-order valence-electron chi connectivity index (χ3n) is 1.58. The van der Waals surface area contributed by atoms with Gasteiger partial charge < -0.3 is 9.64 Å². The van der Waals surface area contributed by atoms with Gasteiger partial charge in [0, 0.05) is 14.1 Å². The number of Topliss-reactive ketones (excluding diaryl/α,β-unsaturated/α-hetero) is 1. The third kappa shape index (κ3) is 1.57. The Bertz CT molecular complexity index is 200. The second-order valence-corrected chi connectivity index (χ2v) is 2.82. The number of epoxide rings is 1. The molecule has 2 atom stereocenters. The fourth-order valence-corrected chi connectivity index (χ4v) is 0.864. The van der Waals surface area contributed by atoms with Gasteiger partial charge in [-0.05, 0) is 6.92 Å². The number of carbonyl (C=O) groups excluding carboxylic acids is 2. The Morgan fingerprint density at radius 1 is 1.27 bits per heavy atom. The van der Waals surface area contributed by atoms with Crippen molar-refractivity contribution < 1.29 is 14.3 Å². The average Bonchev–Trinajstić information content (AvgIpc) is 2.63. The van der Waals surface area contributed by atoms with Crippen molar-refractivity contribution in [3.8, 4) is 0 Å². The molecule has 1 fully saturated rings. The molecule has 11 heavy (non-hydrogen) atoms. The highest BCUT2D eigenvalue weighted by molar-refractivity contribution is 5.94. The Labute approximate surface area is 65.1 Å². The molecule has 2 unspecified atom stereocenters. The van der Waals surface area contributed by atoms with E-state index < -0.39 is 12.2 Å². The van der Waals surface area contributed by atoms with E-state index in [1.807, 2.05) is 0 Å². The molecule has 1 aliphatic rings. The van der Waals surface area contributed by atoms with Crippen molar-refractivity contribution in [3.63, 3.8) is 0 Å². The molecule has 1 amide bonds. The second kappa shape index (κ2) is 2.62. The predicted molar refractivity (Wildman–Crippen MR) is 38.0 cm³/mol. The number of ether oxygens (including phenoxy) is 1. The molecular formula is C7H11NO3. The molecule has 1 saturated heterocycles. The van der Waals surface area contributed by atoms with Crippen LogP contribution in [0.5, 0.6) is 0 Å². The maximum Gasteiger partial charge on any atom is 0.254 e. The third-order valence-corrected chi connectivity index (χ3v) is 1.58. The summed E-state index contributed by atoms with van der Waals surface area (Å²) in [5.41, 5.74) is 0. The zero-order valence-corrected chi connectivity index (χ0v) is 6.83. The Balaban J connectivity index is 2.44. The van der Waals surface area contributed by atoms with Gasteiger partial charge in [-0.3, -0.25) is 9.59 Å². The number of ketones is 1. The first-order valence-corrected chi connectivity index (χ1v) is 3.41. The van der Waals surface area contributed by atoms with Crippen LogP contribution in [0.2, 0.25) is 0 Å². The van der Waals surface area contributed by atoms with E-state index >= 15 is 0 Å². The monoisotopic (exact) mass is 157 g/mol. The minimum atomic E-state index is -0.512. The summed E-state index contributed by atoms with van der Waals surface area (Å²) in [6.45, 7) is 1.42. The highest BCUT2D eigenvalue weighted by Crippen LogP contribution is 2.23. The van der Waals surface area contributed by atoms with Crippen LogP contribution in [0, 0.1) is 0 Å². The number of carbonyl (C=O) groups is 2. The summed E-state index contributed by atoms with van der Waals surface area (Å²) < 4.78 is 4.86. The SMILES string of the molecule is CC(=O)C1OC1C(=O)N(C)C. The first-order valence-electron chi connectivity index (χ1n) is 3.41. The van der Waals surface area contributed by atoms with Crippen molar-refractivity contribution in [2.24, 2.45) is 0 Å². The lowest BCUT2D eigenvalue weighted by atomic mass is 10.2. The number of hydrogen-bond acceptors (Lipinski definition) is 3. The summed E-state index contributed by atoms with van der Waals surface area (Å²) in [6.07, 6.45) is -0.993. The van der Waals surface area contributed by atoms with Gasteiger partial charge in [-0.15, -0.1) is 0 Å². The van der Waals surface area contributed by atoms with Gasteiger partial charge in [-0.25, -0.2) is 0 Å². The number of rotatable bonds is 2. The normalized spacial score (nSPS) is 27.9. The largest absolute Gasteiger partial charge is 0.351 e. The number of likely N-dealkylation sites (N-methyl/N-ethyl adjacent to an activating group) is 1. The lowest BCUT2D eigenvalue weighted by Crippen LogP contribution is -2.28. The fraction of sp³-hybridized carbons (Fsp3) is 0.714. The minimum Gasteiger partial charge on any atom is -0.351 e. The highest BCUT2D eigenvalue weighted by Gasteiger charge is 2.48. The Hall–Kier alpha value is -0.900. The van der Waals surface area contributed by atoms with Gasteiger partial charge in [0.15, 0.2) is 18.0 Å². The first kappa shape index (κ1) is 8.20. The standard InChI is InChI=1S/C7H11NO3/c1-4(9)5-6(11-5)7(10)8(2)3/h5-6H,1-3H3. The summed E-state index contributed by atoms with van der Waals surface area (Å²) in [7, 11) is 3.28. The quantitative estimate of drug-likeness (QED) is 0.504. The molecule has 0 aromatic rings. The average molecular weight is 157 g/mol. The zero-order chi connectivity index (χ0) is 8.59. The van der Waals surface area contributed by atoms with Crippen LogP contribution >= 0.6 is 0 Å². The van der Waals surface area contributed by atoms with E-state index in [9.17, 15) is 9.59 Å². The molecular weight excluding hydrogens is 146 g/mol. The van der Waals surface area contributed by atoms with E-state index in [2.05, 4.69) is 0 Å². The van der Waals surface area contributed by atoms with Crippen LogP contribution in [0.15, 0.2) is 0 Å². The van der Waals surface area contributed by atoms with E-state index in [4.69, 9.17) is 4.74 Å². The van der Waals surface area contributed by atoms with Crippen molar-refractivity contribution in [3.05, 3.63) is 0 Å².